The summed E-state index contributed by atoms with van der Waals surface area (Å²) in [6, 6.07) is 9.49. The summed E-state index contributed by atoms with van der Waals surface area (Å²) in [6.07, 6.45) is 5.54. The second-order valence-corrected chi connectivity index (χ2v) is 7.42. The number of carbonyl (C=O) groups is 1. The topological polar surface area (TPSA) is 64.6 Å². The fourth-order valence-corrected chi connectivity index (χ4v) is 4.00. The Kier molecular flexibility index (Phi) is 5.18. The Bertz CT molecular complexity index is 790. The standard InChI is InChI=1S/C21H25N3O3/c1-16-3-2-4-19(23-16)20(25)24-14-21(15-24)18(8-12-27-21)7-11-26-13-17-5-9-22-10-6-17/h2-6,9-10,18H,7-8,11-15H2,1H3/t18-/m1/s1. The fraction of sp³-hybridized carbons (Fsp3) is 0.476. The molecule has 6 heteroatoms. The fourth-order valence-electron chi connectivity index (χ4n) is 4.00. The lowest BCUT2D eigenvalue weighted by molar-refractivity contribution is -0.120. The van der Waals surface area contributed by atoms with Crippen molar-refractivity contribution in [1.29, 1.82) is 0 Å². The maximum absolute atomic E-state index is 12.6. The lowest BCUT2D eigenvalue weighted by Crippen LogP contribution is -2.66. The molecule has 1 amide bonds. The molecule has 0 unspecified atom stereocenters. The van der Waals surface area contributed by atoms with E-state index in [1.54, 1.807) is 18.5 Å². The average Bonchev–Trinajstić information content (AvgIpc) is 3.08. The molecule has 4 rings (SSSR count). The average molecular weight is 367 g/mol. The summed E-state index contributed by atoms with van der Waals surface area (Å²) in [5.74, 6) is 0.428. The molecule has 2 aliphatic rings. The number of nitrogens with zero attached hydrogens (tertiary/aromatic N) is 3. The van der Waals surface area contributed by atoms with Gasteiger partial charge in [-0.05, 0) is 55.5 Å². The Balaban J connectivity index is 1.27. The molecule has 27 heavy (non-hydrogen) atoms. The third-order valence-corrected chi connectivity index (χ3v) is 5.54. The van der Waals surface area contributed by atoms with Crippen molar-refractivity contribution in [2.75, 3.05) is 26.3 Å². The number of hydrogen-bond donors (Lipinski definition) is 0. The van der Waals surface area contributed by atoms with E-state index >= 15 is 0 Å². The van der Waals surface area contributed by atoms with Crippen LogP contribution in [-0.2, 0) is 16.1 Å². The van der Waals surface area contributed by atoms with Crippen LogP contribution in [-0.4, -0.2) is 52.7 Å². The third-order valence-electron chi connectivity index (χ3n) is 5.54. The molecule has 2 saturated heterocycles. The lowest BCUT2D eigenvalue weighted by atomic mass is 9.79. The van der Waals surface area contributed by atoms with Crippen LogP contribution < -0.4 is 0 Å². The highest BCUT2D eigenvalue weighted by molar-refractivity contribution is 5.93. The number of rotatable bonds is 6. The minimum atomic E-state index is -0.195. The van der Waals surface area contributed by atoms with Crippen LogP contribution >= 0.6 is 0 Å². The van der Waals surface area contributed by atoms with Crippen LogP contribution in [0.4, 0.5) is 0 Å². The van der Waals surface area contributed by atoms with E-state index in [4.69, 9.17) is 9.47 Å². The summed E-state index contributed by atoms with van der Waals surface area (Å²) in [4.78, 5) is 22.8. The van der Waals surface area contributed by atoms with Crippen molar-refractivity contribution >= 4 is 5.91 Å². The Morgan fingerprint density at radius 3 is 2.89 bits per heavy atom. The molecule has 6 nitrogen and oxygen atoms in total. The Morgan fingerprint density at radius 1 is 1.30 bits per heavy atom. The normalized spacial score (nSPS) is 20.6. The van der Waals surface area contributed by atoms with E-state index in [0.717, 1.165) is 30.7 Å². The van der Waals surface area contributed by atoms with Gasteiger partial charge in [-0.3, -0.25) is 9.78 Å². The maximum atomic E-state index is 12.6. The van der Waals surface area contributed by atoms with Crippen LogP contribution in [0, 0.1) is 12.8 Å². The predicted molar refractivity (Wildman–Crippen MR) is 100 cm³/mol. The van der Waals surface area contributed by atoms with E-state index in [9.17, 15) is 4.79 Å². The highest BCUT2D eigenvalue weighted by Gasteiger charge is 2.54. The molecule has 2 fully saturated rings. The molecule has 4 heterocycles. The monoisotopic (exact) mass is 367 g/mol. The van der Waals surface area contributed by atoms with Crippen LogP contribution in [0.1, 0.15) is 34.6 Å². The van der Waals surface area contributed by atoms with Crippen molar-refractivity contribution in [2.24, 2.45) is 5.92 Å². The highest BCUT2D eigenvalue weighted by Crippen LogP contribution is 2.42. The van der Waals surface area contributed by atoms with E-state index in [1.165, 1.54) is 0 Å². The number of pyridine rings is 2. The number of carbonyl (C=O) groups excluding carboxylic acids is 1. The van der Waals surface area contributed by atoms with Crippen molar-refractivity contribution in [2.45, 2.75) is 32.0 Å². The molecule has 0 radical (unpaired) electrons. The molecule has 0 bridgehead atoms. The molecule has 2 aromatic heterocycles. The van der Waals surface area contributed by atoms with Gasteiger partial charge in [0.15, 0.2) is 0 Å². The van der Waals surface area contributed by atoms with E-state index < -0.39 is 0 Å². The molecule has 1 atom stereocenters. The number of aryl methyl sites for hydroxylation is 1. The van der Waals surface area contributed by atoms with Gasteiger partial charge in [0.1, 0.15) is 11.3 Å². The summed E-state index contributed by atoms with van der Waals surface area (Å²) >= 11 is 0. The van der Waals surface area contributed by atoms with E-state index in [0.29, 0.717) is 37.9 Å². The highest BCUT2D eigenvalue weighted by atomic mass is 16.5. The first-order chi connectivity index (χ1) is 13.2. The van der Waals surface area contributed by atoms with Gasteiger partial charge in [-0.2, -0.15) is 0 Å². The SMILES string of the molecule is Cc1cccc(C(=O)N2CC3(C2)OCC[C@H]3CCOCc2ccncc2)n1. The second kappa shape index (κ2) is 7.74. The first kappa shape index (κ1) is 18.1. The summed E-state index contributed by atoms with van der Waals surface area (Å²) < 4.78 is 11.9. The Morgan fingerprint density at radius 2 is 2.11 bits per heavy atom. The van der Waals surface area contributed by atoms with Crippen LogP contribution in [0.5, 0.6) is 0 Å². The summed E-state index contributed by atoms with van der Waals surface area (Å²) in [5.41, 5.74) is 2.31. The molecule has 2 aliphatic heterocycles. The molecule has 1 spiro atoms. The van der Waals surface area contributed by atoms with Crippen LogP contribution in [0.2, 0.25) is 0 Å². The smallest absolute Gasteiger partial charge is 0.272 e. The van der Waals surface area contributed by atoms with Crippen molar-refractivity contribution in [3.8, 4) is 0 Å². The number of hydrogen-bond acceptors (Lipinski definition) is 5. The van der Waals surface area contributed by atoms with Gasteiger partial charge in [-0.25, -0.2) is 4.98 Å². The van der Waals surface area contributed by atoms with Gasteiger partial charge in [0.25, 0.3) is 5.91 Å². The van der Waals surface area contributed by atoms with Crippen molar-refractivity contribution in [1.82, 2.24) is 14.9 Å². The number of aromatic nitrogens is 2. The molecular formula is C21H25N3O3. The summed E-state index contributed by atoms with van der Waals surface area (Å²) in [6.45, 7) is 5.27. The molecule has 0 saturated carbocycles. The predicted octanol–water partition coefficient (Wildman–Crippen LogP) is 2.62. The van der Waals surface area contributed by atoms with Gasteiger partial charge in [0, 0.05) is 31.3 Å². The van der Waals surface area contributed by atoms with E-state index in [1.807, 2.05) is 36.1 Å². The van der Waals surface area contributed by atoms with Crippen LogP contribution in [0.25, 0.3) is 0 Å². The van der Waals surface area contributed by atoms with E-state index in [2.05, 4.69) is 9.97 Å². The van der Waals surface area contributed by atoms with Gasteiger partial charge in [0.2, 0.25) is 0 Å². The minimum absolute atomic E-state index is 0.00693. The van der Waals surface area contributed by atoms with Gasteiger partial charge < -0.3 is 14.4 Å². The first-order valence-electron chi connectivity index (χ1n) is 9.50. The van der Waals surface area contributed by atoms with E-state index in [-0.39, 0.29) is 11.5 Å². The van der Waals surface area contributed by atoms with Crippen molar-refractivity contribution in [3.05, 3.63) is 59.7 Å². The minimum Gasteiger partial charge on any atom is -0.377 e. The quantitative estimate of drug-likeness (QED) is 0.735. The molecular weight excluding hydrogens is 342 g/mol. The molecule has 0 aliphatic carbocycles. The first-order valence-corrected chi connectivity index (χ1v) is 9.50. The lowest BCUT2D eigenvalue weighted by Gasteiger charge is -2.50. The van der Waals surface area contributed by atoms with Gasteiger partial charge >= 0.3 is 0 Å². The number of likely N-dealkylation sites (tertiary alicyclic amines) is 1. The Labute approximate surface area is 159 Å². The maximum Gasteiger partial charge on any atom is 0.272 e. The van der Waals surface area contributed by atoms with Crippen LogP contribution in [0.3, 0.4) is 0 Å². The number of ether oxygens (including phenoxy) is 2. The van der Waals surface area contributed by atoms with Crippen molar-refractivity contribution in [3.63, 3.8) is 0 Å². The molecule has 142 valence electrons. The molecule has 0 N–H and O–H groups in total. The largest absolute Gasteiger partial charge is 0.377 e. The van der Waals surface area contributed by atoms with Gasteiger partial charge in [-0.15, -0.1) is 0 Å². The van der Waals surface area contributed by atoms with Crippen LogP contribution in [0.15, 0.2) is 42.7 Å². The zero-order valence-electron chi connectivity index (χ0n) is 15.6. The Hall–Kier alpha value is -2.31. The zero-order chi connectivity index (χ0) is 18.7. The number of amides is 1. The second-order valence-electron chi connectivity index (χ2n) is 7.42. The molecule has 2 aromatic rings. The van der Waals surface area contributed by atoms with Crippen molar-refractivity contribution < 1.29 is 14.3 Å². The summed E-state index contributed by atoms with van der Waals surface area (Å²) in [5, 5.41) is 0. The zero-order valence-corrected chi connectivity index (χ0v) is 15.6. The molecule has 0 aromatic carbocycles. The summed E-state index contributed by atoms with van der Waals surface area (Å²) in [7, 11) is 0. The third kappa shape index (κ3) is 3.87. The van der Waals surface area contributed by atoms with Gasteiger partial charge in [-0.1, -0.05) is 6.07 Å². The van der Waals surface area contributed by atoms with Gasteiger partial charge in [0.05, 0.1) is 19.7 Å².